The van der Waals surface area contributed by atoms with E-state index in [1.165, 1.54) is 0 Å². The fourth-order valence-corrected chi connectivity index (χ4v) is 2.68. The summed E-state index contributed by atoms with van der Waals surface area (Å²) in [4.78, 5) is 20.5. The number of carbonyl (C=O) groups excluding carboxylic acids is 1. The van der Waals surface area contributed by atoms with Crippen LogP contribution in [0.1, 0.15) is 30.2 Å². The van der Waals surface area contributed by atoms with E-state index in [1.807, 2.05) is 30.3 Å². The Kier molecular flexibility index (Phi) is 4.75. The largest absolute Gasteiger partial charge is 0.371 e. The van der Waals surface area contributed by atoms with Crippen LogP contribution in [0.3, 0.4) is 0 Å². The molecule has 114 valence electrons. The van der Waals surface area contributed by atoms with Crippen LogP contribution >= 0.6 is 0 Å². The zero-order valence-corrected chi connectivity index (χ0v) is 12.3. The van der Waals surface area contributed by atoms with Crippen molar-refractivity contribution >= 4 is 5.91 Å². The first-order valence-corrected chi connectivity index (χ1v) is 7.54. The van der Waals surface area contributed by atoms with Gasteiger partial charge in [-0.15, -0.1) is 0 Å². The van der Waals surface area contributed by atoms with Crippen LogP contribution in [0.25, 0.3) is 0 Å². The lowest BCUT2D eigenvalue weighted by atomic mass is 10.0. The minimum atomic E-state index is -0.104. The Labute approximate surface area is 129 Å². The van der Waals surface area contributed by atoms with Gasteiger partial charge in [0, 0.05) is 42.9 Å². The number of amides is 1. The Balaban J connectivity index is 1.54. The molecule has 5 nitrogen and oxygen atoms in total. The number of nitrogens with zero attached hydrogens (tertiary/aromatic N) is 2. The van der Waals surface area contributed by atoms with Crippen molar-refractivity contribution < 1.29 is 9.53 Å². The molecule has 2 aromatic heterocycles. The van der Waals surface area contributed by atoms with Crippen LogP contribution in [-0.4, -0.2) is 28.5 Å². The Morgan fingerprint density at radius 3 is 3.00 bits per heavy atom. The van der Waals surface area contributed by atoms with E-state index in [9.17, 15) is 4.79 Å². The minimum Gasteiger partial charge on any atom is -0.371 e. The average molecular weight is 297 g/mol. The van der Waals surface area contributed by atoms with Crippen LogP contribution in [0, 0.1) is 0 Å². The van der Waals surface area contributed by atoms with Crippen LogP contribution in [0.15, 0.2) is 48.9 Å². The molecule has 2 atom stereocenters. The summed E-state index contributed by atoms with van der Waals surface area (Å²) in [5.41, 5.74) is 1.94. The van der Waals surface area contributed by atoms with Crippen molar-refractivity contribution in [2.75, 3.05) is 6.61 Å². The Morgan fingerprint density at radius 2 is 2.23 bits per heavy atom. The highest BCUT2D eigenvalue weighted by Crippen LogP contribution is 2.28. The van der Waals surface area contributed by atoms with Crippen molar-refractivity contribution in [1.29, 1.82) is 0 Å². The molecule has 0 aliphatic carbocycles. The van der Waals surface area contributed by atoms with Gasteiger partial charge in [0.2, 0.25) is 5.91 Å². The first kappa shape index (κ1) is 14.7. The van der Waals surface area contributed by atoms with Crippen molar-refractivity contribution in [3.63, 3.8) is 0 Å². The molecule has 1 N–H and O–H groups in total. The standard InChI is InChI=1S/C17H19N3O2/c21-16(7-6-14-5-1-2-10-19-14)20-15-8-11-22-17(15)13-4-3-9-18-12-13/h1-5,9-10,12,15,17H,6-8,11H2,(H,20,21)/t15-,17+/m0/s1. The molecule has 3 heterocycles. The molecule has 22 heavy (non-hydrogen) atoms. The highest BCUT2D eigenvalue weighted by Gasteiger charge is 2.30. The van der Waals surface area contributed by atoms with Gasteiger partial charge in [-0.05, 0) is 31.0 Å². The molecular formula is C17H19N3O2. The molecule has 0 unspecified atom stereocenters. The topological polar surface area (TPSA) is 64.1 Å². The van der Waals surface area contributed by atoms with Crippen molar-refractivity contribution in [2.24, 2.45) is 0 Å². The quantitative estimate of drug-likeness (QED) is 0.917. The van der Waals surface area contributed by atoms with Crippen LogP contribution in [0.2, 0.25) is 0 Å². The third-order valence-electron chi connectivity index (χ3n) is 3.79. The lowest BCUT2D eigenvalue weighted by molar-refractivity contribution is -0.122. The van der Waals surface area contributed by atoms with E-state index in [0.29, 0.717) is 19.4 Å². The molecule has 2 aromatic rings. The Hall–Kier alpha value is -2.27. The van der Waals surface area contributed by atoms with Gasteiger partial charge in [-0.1, -0.05) is 12.1 Å². The predicted octanol–water partition coefficient (Wildman–Crippen LogP) is 2.06. The fraction of sp³-hybridized carbons (Fsp3) is 0.353. The lowest BCUT2D eigenvalue weighted by Crippen LogP contribution is -2.37. The van der Waals surface area contributed by atoms with Gasteiger partial charge in [0.1, 0.15) is 6.10 Å². The van der Waals surface area contributed by atoms with Crippen LogP contribution in [0.4, 0.5) is 0 Å². The number of hydrogen-bond acceptors (Lipinski definition) is 4. The molecule has 3 rings (SSSR count). The molecular weight excluding hydrogens is 278 g/mol. The summed E-state index contributed by atoms with van der Waals surface area (Å²) in [5, 5.41) is 3.08. The number of aromatic nitrogens is 2. The molecule has 0 aromatic carbocycles. The number of aryl methyl sites for hydroxylation is 1. The van der Waals surface area contributed by atoms with E-state index < -0.39 is 0 Å². The number of pyridine rings is 2. The zero-order chi connectivity index (χ0) is 15.2. The molecule has 1 saturated heterocycles. The Bertz CT molecular complexity index is 604. The van der Waals surface area contributed by atoms with Gasteiger partial charge >= 0.3 is 0 Å². The van der Waals surface area contributed by atoms with E-state index in [0.717, 1.165) is 17.7 Å². The summed E-state index contributed by atoms with van der Waals surface area (Å²) in [7, 11) is 0. The molecule has 1 amide bonds. The van der Waals surface area contributed by atoms with Crippen LogP contribution in [0.5, 0.6) is 0 Å². The maximum Gasteiger partial charge on any atom is 0.220 e. The molecule has 5 heteroatoms. The zero-order valence-electron chi connectivity index (χ0n) is 12.3. The Morgan fingerprint density at radius 1 is 1.27 bits per heavy atom. The van der Waals surface area contributed by atoms with Crippen molar-refractivity contribution in [3.8, 4) is 0 Å². The normalized spacial score (nSPS) is 20.7. The van der Waals surface area contributed by atoms with Gasteiger partial charge in [0.05, 0.1) is 6.04 Å². The third kappa shape index (κ3) is 3.68. The second-order valence-corrected chi connectivity index (χ2v) is 5.36. The fourth-order valence-electron chi connectivity index (χ4n) is 2.68. The summed E-state index contributed by atoms with van der Waals surface area (Å²) in [5.74, 6) is 0.0371. The van der Waals surface area contributed by atoms with E-state index in [1.54, 1.807) is 18.6 Å². The van der Waals surface area contributed by atoms with Gasteiger partial charge in [-0.3, -0.25) is 14.8 Å². The predicted molar refractivity (Wildman–Crippen MR) is 82.0 cm³/mol. The second-order valence-electron chi connectivity index (χ2n) is 5.36. The summed E-state index contributed by atoms with van der Waals surface area (Å²) >= 11 is 0. The monoisotopic (exact) mass is 297 g/mol. The molecule has 1 aliphatic rings. The first-order valence-electron chi connectivity index (χ1n) is 7.54. The van der Waals surface area contributed by atoms with E-state index in [4.69, 9.17) is 4.74 Å². The summed E-state index contributed by atoms with van der Waals surface area (Å²) in [6.07, 6.45) is 7.09. The van der Waals surface area contributed by atoms with Crippen LogP contribution < -0.4 is 5.32 Å². The van der Waals surface area contributed by atoms with E-state index in [2.05, 4.69) is 15.3 Å². The maximum absolute atomic E-state index is 12.1. The SMILES string of the molecule is O=C(CCc1ccccn1)N[C@H]1CCO[C@@H]1c1cccnc1. The molecule has 0 saturated carbocycles. The van der Waals surface area contributed by atoms with Gasteiger partial charge in [-0.25, -0.2) is 0 Å². The van der Waals surface area contributed by atoms with Gasteiger partial charge in [0.15, 0.2) is 0 Å². The first-order chi connectivity index (χ1) is 10.8. The van der Waals surface area contributed by atoms with Gasteiger partial charge < -0.3 is 10.1 Å². The molecule has 0 spiro atoms. The van der Waals surface area contributed by atoms with E-state index >= 15 is 0 Å². The molecule has 0 bridgehead atoms. The average Bonchev–Trinajstić information content (AvgIpc) is 3.03. The summed E-state index contributed by atoms with van der Waals surface area (Å²) in [6.45, 7) is 0.657. The summed E-state index contributed by atoms with van der Waals surface area (Å²) < 4.78 is 5.75. The molecule has 0 radical (unpaired) electrons. The van der Waals surface area contributed by atoms with Crippen molar-refractivity contribution in [3.05, 3.63) is 60.2 Å². The van der Waals surface area contributed by atoms with E-state index in [-0.39, 0.29) is 18.1 Å². The highest BCUT2D eigenvalue weighted by molar-refractivity contribution is 5.76. The van der Waals surface area contributed by atoms with Crippen LogP contribution in [-0.2, 0) is 16.0 Å². The van der Waals surface area contributed by atoms with Gasteiger partial charge in [0.25, 0.3) is 0 Å². The lowest BCUT2D eigenvalue weighted by Gasteiger charge is -2.19. The third-order valence-corrected chi connectivity index (χ3v) is 3.79. The number of hydrogen-bond donors (Lipinski definition) is 1. The maximum atomic E-state index is 12.1. The van der Waals surface area contributed by atoms with Crippen molar-refractivity contribution in [2.45, 2.75) is 31.4 Å². The number of carbonyl (C=O) groups is 1. The summed E-state index contributed by atoms with van der Waals surface area (Å²) in [6, 6.07) is 9.62. The number of ether oxygens (including phenoxy) is 1. The minimum absolute atomic E-state index is 0.0143. The second kappa shape index (κ2) is 7.13. The van der Waals surface area contributed by atoms with Gasteiger partial charge in [-0.2, -0.15) is 0 Å². The number of rotatable bonds is 5. The smallest absolute Gasteiger partial charge is 0.220 e. The number of nitrogens with one attached hydrogen (secondary N) is 1. The van der Waals surface area contributed by atoms with Crippen molar-refractivity contribution in [1.82, 2.24) is 15.3 Å². The highest BCUT2D eigenvalue weighted by atomic mass is 16.5. The molecule has 1 aliphatic heterocycles. The molecule has 1 fully saturated rings.